The maximum absolute atomic E-state index is 13.3. The highest BCUT2D eigenvalue weighted by atomic mass is 19.1. The van der Waals surface area contributed by atoms with Gasteiger partial charge in [-0.1, -0.05) is 0 Å². The van der Waals surface area contributed by atoms with Crippen LogP contribution in [-0.2, 0) is 6.54 Å². The largest absolute Gasteiger partial charge is 0.497 e. The van der Waals surface area contributed by atoms with Crippen LogP contribution in [0.2, 0.25) is 0 Å². The van der Waals surface area contributed by atoms with Crippen LogP contribution in [0.15, 0.2) is 61.2 Å². The van der Waals surface area contributed by atoms with E-state index >= 15 is 0 Å². The molecular formula is C19H16FN3O. The highest BCUT2D eigenvalue weighted by Gasteiger charge is 2.14. The number of aromatic amines is 1. The second kappa shape index (κ2) is 5.85. The molecule has 120 valence electrons. The first-order chi connectivity index (χ1) is 11.7. The molecule has 0 amide bonds. The lowest BCUT2D eigenvalue weighted by Gasteiger charge is -2.06. The lowest BCUT2D eigenvalue weighted by Crippen LogP contribution is -1.97. The van der Waals surface area contributed by atoms with Gasteiger partial charge in [-0.2, -0.15) is 0 Å². The van der Waals surface area contributed by atoms with Crippen LogP contribution < -0.4 is 4.74 Å². The van der Waals surface area contributed by atoms with E-state index in [0.29, 0.717) is 6.54 Å². The maximum Gasteiger partial charge on any atom is 0.123 e. The van der Waals surface area contributed by atoms with Gasteiger partial charge in [0.25, 0.3) is 0 Å². The van der Waals surface area contributed by atoms with Crippen LogP contribution in [0.1, 0.15) is 5.56 Å². The Morgan fingerprint density at radius 1 is 1.17 bits per heavy atom. The minimum Gasteiger partial charge on any atom is -0.497 e. The van der Waals surface area contributed by atoms with Gasteiger partial charge < -0.3 is 14.3 Å². The zero-order valence-corrected chi connectivity index (χ0v) is 13.2. The zero-order chi connectivity index (χ0) is 16.5. The third-order valence-electron chi connectivity index (χ3n) is 4.15. The van der Waals surface area contributed by atoms with Crippen molar-refractivity contribution in [1.29, 1.82) is 0 Å². The summed E-state index contributed by atoms with van der Waals surface area (Å²) in [5.41, 5.74) is 4.05. The van der Waals surface area contributed by atoms with Crippen molar-refractivity contribution in [3.63, 3.8) is 0 Å². The van der Waals surface area contributed by atoms with Crippen LogP contribution in [0.3, 0.4) is 0 Å². The van der Waals surface area contributed by atoms with Gasteiger partial charge in [-0.05, 0) is 42.0 Å². The minimum absolute atomic E-state index is 0.243. The van der Waals surface area contributed by atoms with Crippen LogP contribution >= 0.6 is 0 Å². The molecule has 24 heavy (non-hydrogen) atoms. The van der Waals surface area contributed by atoms with E-state index in [0.717, 1.165) is 33.5 Å². The Kier molecular flexibility index (Phi) is 3.54. The lowest BCUT2D eigenvalue weighted by atomic mass is 10.0. The van der Waals surface area contributed by atoms with Gasteiger partial charge in [0, 0.05) is 34.9 Å². The number of benzene rings is 2. The molecule has 5 heteroatoms. The van der Waals surface area contributed by atoms with Gasteiger partial charge in [-0.3, -0.25) is 0 Å². The van der Waals surface area contributed by atoms with Crippen molar-refractivity contribution in [2.45, 2.75) is 6.54 Å². The molecule has 1 N–H and O–H groups in total. The Hall–Kier alpha value is -3.08. The molecule has 0 aliphatic carbocycles. The van der Waals surface area contributed by atoms with E-state index in [1.165, 1.54) is 12.1 Å². The van der Waals surface area contributed by atoms with Crippen LogP contribution in [0.5, 0.6) is 5.75 Å². The summed E-state index contributed by atoms with van der Waals surface area (Å²) in [5.74, 6) is 0.552. The Labute approximate surface area is 138 Å². The van der Waals surface area contributed by atoms with Crippen molar-refractivity contribution < 1.29 is 9.13 Å². The Balaban J connectivity index is 1.91. The maximum atomic E-state index is 13.3. The molecule has 0 radical (unpaired) electrons. The van der Waals surface area contributed by atoms with Gasteiger partial charge in [-0.25, -0.2) is 9.37 Å². The lowest BCUT2D eigenvalue weighted by molar-refractivity contribution is 0.415. The fourth-order valence-electron chi connectivity index (χ4n) is 2.95. The second-order valence-corrected chi connectivity index (χ2v) is 5.63. The average molecular weight is 321 g/mol. The number of nitrogens with zero attached hydrogens (tertiary/aromatic N) is 2. The standard InChI is InChI=1S/C19H16FN3O/c1-24-15-6-7-16-17(11-23-9-8-21-12-23)19(22-18(16)10-15)13-2-4-14(20)5-3-13/h2-10,12,22H,11H2,1H3. The Morgan fingerprint density at radius 2 is 2.00 bits per heavy atom. The number of halogens is 1. The number of ether oxygens (including phenoxy) is 1. The van der Waals surface area contributed by atoms with Gasteiger partial charge >= 0.3 is 0 Å². The number of nitrogens with one attached hydrogen (secondary N) is 1. The first-order valence-electron chi connectivity index (χ1n) is 7.65. The molecule has 0 spiro atoms. The van der Waals surface area contributed by atoms with Crippen LogP contribution in [0.4, 0.5) is 4.39 Å². The zero-order valence-electron chi connectivity index (χ0n) is 13.2. The van der Waals surface area contributed by atoms with Crippen LogP contribution in [0.25, 0.3) is 22.2 Å². The quantitative estimate of drug-likeness (QED) is 0.611. The van der Waals surface area contributed by atoms with Gasteiger partial charge in [0.1, 0.15) is 11.6 Å². The van der Waals surface area contributed by atoms with Gasteiger partial charge in [0.2, 0.25) is 0 Å². The summed E-state index contributed by atoms with van der Waals surface area (Å²) in [6, 6.07) is 12.5. The van der Waals surface area contributed by atoms with E-state index in [2.05, 4.69) is 9.97 Å². The second-order valence-electron chi connectivity index (χ2n) is 5.63. The molecule has 2 heterocycles. The molecule has 0 bridgehead atoms. The molecule has 2 aromatic carbocycles. The molecular weight excluding hydrogens is 305 g/mol. The number of rotatable bonds is 4. The molecule has 4 nitrogen and oxygen atoms in total. The van der Waals surface area contributed by atoms with Crippen molar-refractivity contribution >= 4 is 10.9 Å². The molecule has 2 aromatic heterocycles. The van der Waals surface area contributed by atoms with Crippen LogP contribution in [-0.4, -0.2) is 21.6 Å². The monoisotopic (exact) mass is 321 g/mol. The predicted octanol–water partition coefficient (Wildman–Crippen LogP) is 4.23. The van der Waals surface area contributed by atoms with Crippen LogP contribution in [0, 0.1) is 5.82 Å². The van der Waals surface area contributed by atoms with Crippen molar-refractivity contribution in [2.24, 2.45) is 0 Å². The summed E-state index contributed by atoms with van der Waals surface area (Å²) < 4.78 is 20.6. The van der Waals surface area contributed by atoms with E-state index < -0.39 is 0 Å². The normalized spacial score (nSPS) is 11.1. The highest BCUT2D eigenvalue weighted by Crippen LogP contribution is 2.33. The molecule has 0 aliphatic heterocycles. The number of imidazole rings is 1. The number of aromatic nitrogens is 3. The predicted molar refractivity (Wildman–Crippen MR) is 91.6 cm³/mol. The van der Waals surface area contributed by atoms with Crippen molar-refractivity contribution in [2.75, 3.05) is 7.11 Å². The summed E-state index contributed by atoms with van der Waals surface area (Å²) in [6.45, 7) is 0.680. The summed E-state index contributed by atoms with van der Waals surface area (Å²) in [7, 11) is 1.65. The first-order valence-corrected chi connectivity index (χ1v) is 7.65. The topological polar surface area (TPSA) is 42.8 Å². The average Bonchev–Trinajstić information content (AvgIpc) is 3.24. The summed E-state index contributed by atoms with van der Waals surface area (Å²) in [6.07, 6.45) is 5.48. The van der Waals surface area contributed by atoms with Crippen molar-refractivity contribution in [3.8, 4) is 17.0 Å². The minimum atomic E-state index is -0.243. The number of methoxy groups -OCH3 is 1. The van der Waals surface area contributed by atoms with E-state index in [4.69, 9.17) is 4.74 Å². The highest BCUT2D eigenvalue weighted by molar-refractivity contribution is 5.91. The third-order valence-corrected chi connectivity index (χ3v) is 4.15. The molecule has 0 unspecified atom stereocenters. The van der Waals surface area contributed by atoms with Crippen molar-refractivity contribution in [3.05, 3.63) is 72.6 Å². The van der Waals surface area contributed by atoms with Gasteiger partial charge in [-0.15, -0.1) is 0 Å². The van der Waals surface area contributed by atoms with Gasteiger partial charge in [0.05, 0.1) is 25.7 Å². The fourth-order valence-corrected chi connectivity index (χ4v) is 2.95. The first kappa shape index (κ1) is 14.5. The van der Waals surface area contributed by atoms with E-state index in [1.54, 1.807) is 31.8 Å². The Morgan fingerprint density at radius 3 is 2.71 bits per heavy atom. The van der Waals surface area contributed by atoms with E-state index in [9.17, 15) is 4.39 Å². The van der Waals surface area contributed by atoms with E-state index in [1.807, 2.05) is 29.0 Å². The number of hydrogen-bond acceptors (Lipinski definition) is 2. The SMILES string of the molecule is COc1ccc2c(Cn3ccnc3)c(-c3ccc(F)cc3)[nH]c2c1. The van der Waals surface area contributed by atoms with E-state index in [-0.39, 0.29) is 5.82 Å². The molecule has 0 aliphatic rings. The summed E-state index contributed by atoms with van der Waals surface area (Å²) in [4.78, 5) is 7.56. The number of fused-ring (bicyclic) bond motifs is 1. The summed E-state index contributed by atoms with van der Waals surface area (Å²) >= 11 is 0. The molecule has 0 saturated heterocycles. The molecule has 4 aromatic rings. The van der Waals surface area contributed by atoms with Crippen molar-refractivity contribution in [1.82, 2.24) is 14.5 Å². The molecule has 0 fully saturated rings. The fraction of sp³-hybridized carbons (Fsp3) is 0.105. The molecule has 0 saturated carbocycles. The molecule has 0 atom stereocenters. The Bertz CT molecular complexity index is 972. The summed E-state index contributed by atoms with van der Waals surface area (Å²) in [5, 5.41) is 1.11. The third kappa shape index (κ3) is 2.54. The molecule has 4 rings (SSSR count). The number of hydrogen-bond donors (Lipinski definition) is 1. The van der Waals surface area contributed by atoms with Gasteiger partial charge in [0.15, 0.2) is 0 Å². The smallest absolute Gasteiger partial charge is 0.123 e. The number of H-pyrrole nitrogens is 1.